The van der Waals surface area contributed by atoms with E-state index in [1.165, 1.54) is 0 Å². The molecule has 5 nitrogen and oxygen atoms in total. The molecule has 1 saturated carbocycles. The number of rotatable bonds is 3. The number of hydrogen-bond donors (Lipinski definition) is 1. The Morgan fingerprint density at radius 2 is 2.06 bits per heavy atom. The number of cyclic esters (lactones) is 1. The molecule has 1 heterocycles. The normalized spacial score (nSPS) is 29.9. The van der Waals surface area contributed by atoms with E-state index in [2.05, 4.69) is 0 Å². The van der Waals surface area contributed by atoms with Gasteiger partial charge < -0.3 is 14.7 Å². The molecule has 2 fully saturated rings. The standard InChI is InChI=1S/C12H19NO4/c14-11(15)10-4-2-9(3-5-10)8-13-6-1-7-17-12(13)16/h9-10H,1-8H2,(H,14,15). The monoisotopic (exact) mass is 241 g/mol. The number of nitrogens with zero attached hydrogens (tertiary/aromatic N) is 1. The number of amides is 1. The van der Waals surface area contributed by atoms with Crippen LogP contribution in [0.25, 0.3) is 0 Å². The number of carboxylic acids is 1. The minimum atomic E-state index is -0.680. The van der Waals surface area contributed by atoms with Crippen LogP contribution >= 0.6 is 0 Å². The van der Waals surface area contributed by atoms with Gasteiger partial charge in [0.25, 0.3) is 0 Å². The molecule has 0 aromatic rings. The average molecular weight is 241 g/mol. The number of carbonyl (C=O) groups is 2. The number of carboxylic acid groups (broad SMARTS) is 1. The summed E-state index contributed by atoms with van der Waals surface area (Å²) in [4.78, 5) is 24.0. The highest BCUT2D eigenvalue weighted by Gasteiger charge is 2.29. The first-order chi connectivity index (χ1) is 8.16. The quantitative estimate of drug-likeness (QED) is 0.817. The number of hydrogen-bond acceptors (Lipinski definition) is 3. The molecular weight excluding hydrogens is 222 g/mol. The molecule has 2 aliphatic rings. The van der Waals surface area contributed by atoms with Crippen LogP contribution in [0.1, 0.15) is 32.1 Å². The Kier molecular flexibility index (Phi) is 3.86. The van der Waals surface area contributed by atoms with Gasteiger partial charge in [-0.2, -0.15) is 0 Å². The summed E-state index contributed by atoms with van der Waals surface area (Å²) in [6.07, 6.45) is 3.97. The van der Waals surface area contributed by atoms with Gasteiger partial charge in [-0.3, -0.25) is 4.79 Å². The Morgan fingerprint density at radius 1 is 1.35 bits per heavy atom. The van der Waals surface area contributed by atoms with E-state index in [4.69, 9.17) is 9.84 Å². The Labute approximate surface area is 101 Å². The molecule has 1 aliphatic carbocycles. The molecule has 17 heavy (non-hydrogen) atoms. The summed E-state index contributed by atoms with van der Waals surface area (Å²) in [5, 5.41) is 8.90. The molecular formula is C12H19NO4. The van der Waals surface area contributed by atoms with Crippen LogP contribution in [0, 0.1) is 11.8 Å². The van der Waals surface area contributed by atoms with Gasteiger partial charge in [0.2, 0.25) is 0 Å². The van der Waals surface area contributed by atoms with Crippen molar-refractivity contribution in [1.29, 1.82) is 0 Å². The van der Waals surface area contributed by atoms with E-state index in [0.717, 1.165) is 45.2 Å². The van der Waals surface area contributed by atoms with Crippen molar-refractivity contribution >= 4 is 12.1 Å². The summed E-state index contributed by atoms with van der Waals surface area (Å²) in [6, 6.07) is 0. The van der Waals surface area contributed by atoms with Crippen LogP contribution in [0.2, 0.25) is 0 Å². The summed E-state index contributed by atoms with van der Waals surface area (Å²) in [5.41, 5.74) is 0. The third-order valence-corrected chi connectivity index (χ3v) is 3.73. The summed E-state index contributed by atoms with van der Waals surface area (Å²) < 4.78 is 4.98. The molecule has 1 amide bonds. The van der Waals surface area contributed by atoms with Crippen LogP contribution in [0.15, 0.2) is 0 Å². The fourth-order valence-corrected chi connectivity index (χ4v) is 2.67. The highest BCUT2D eigenvalue weighted by molar-refractivity contribution is 5.70. The molecule has 5 heteroatoms. The van der Waals surface area contributed by atoms with Crippen molar-refractivity contribution in [2.45, 2.75) is 32.1 Å². The van der Waals surface area contributed by atoms with E-state index in [9.17, 15) is 9.59 Å². The van der Waals surface area contributed by atoms with Crippen LogP contribution in [0.4, 0.5) is 4.79 Å². The highest BCUT2D eigenvalue weighted by Crippen LogP contribution is 2.29. The average Bonchev–Trinajstić information content (AvgIpc) is 2.33. The maximum Gasteiger partial charge on any atom is 0.409 e. The second-order valence-electron chi connectivity index (χ2n) is 4.97. The molecule has 1 aliphatic heterocycles. The van der Waals surface area contributed by atoms with Crippen molar-refractivity contribution in [2.75, 3.05) is 19.7 Å². The van der Waals surface area contributed by atoms with E-state index in [1.807, 2.05) is 0 Å². The van der Waals surface area contributed by atoms with Gasteiger partial charge in [0, 0.05) is 13.1 Å². The molecule has 1 saturated heterocycles. The van der Waals surface area contributed by atoms with Crippen molar-refractivity contribution < 1.29 is 19.4 Å². The highest BCUT2D eigenvalue weighted by atomic mass is 16.6. The fraction of sp³-hybridized carbons (Fsp3) is 0.833. The lowest BCUT2D eigenvalue weighted by Gasteiger charge is -2.33. The summed E-state index contributed by atoms with van der Waals surface area (Å²) >= 11 is 0. The van der Waals surface area contributed by atoms with E-state index < -0.39 is 5.97 Å². The number of aliphatic carboxylic acids is 1. The Bertz CT molecular complexity index is 297. The van der Waals surface area contributed by atoms with E-state index in [-0.39, 0.29) is 12.0 Å². The van der Waals surface area contributed by atoms with E-state index >= 15 is 0 Å². The number of carbonyl (C=O) groups excluding carboxylic acids is 1. The van der Waals surface area contributed by atoms with Gasteiger partial charge in [-0.05, 0) is 38.0 Å². The van der Waals surface area contributed by atoms with Gasteiger partial charge in [-0.25, -0.2) is 4.79 Å². The second-order valence-corrected chi connectivity index (χ2v) is 4.97. The number of ether oxygens (including phenoxy) is 1. The van der Waals surface area contributed by atoms with Gasteiger partial charge in [0.05, 0.1) is 12.5 Å². The molecule has 2 rings (SSSR count). The molecule has 0 atom stereocenters. The third kappa shape index (κ3) is 3.11. The lowest BCUT2D eigenvalue weighted by atomic mass is 9.82. The molecule has 1 N–H and O–H groups in total. The zero-order chi connectivity index (χ0) is 12.3. The van der Waals surface area contributed by atoms with Crippen LogP contribution in [-0.2, 0) is 9.53 Å². The molecule has 96 valence electrons. The summed E-state index contributed by atoms with van der Waals surface area (Å²) in [6.45, 7) is 2.03. The second kappa shape index (κ2) is 5.38. The topological polar surface area (TPSA) is 66.8 Å². The summed E-state index contributed by atoms with van der Waals surface area (Å²) in [5.74, 6) is -0.420. The molecule has 0 bridgehead atoms. The van der Waals surface area contributed by atoms with Gasteiger partial charge in [0.15, 0.2) is 0 Å². The molecule has 0 aromatic heterocycles. The van der Waals surface area contributed by atoms with E-state index in [0.29, 0.717) is 12.5 Å². The van der Waals surface area contributed by atoms with Crippen LogP contribution in [0.5, 0.6) is 0 Å². The van der Waals surface area contributed by atoms with Crippen molar-refractivity contribution in [3.63, 3.8) is 0 Å². The lowest BCUT2D eigenvalue weighted by Crippen LogP contribution is -2.41. The first-order valence-corrected chi connectivity index (χ1v) is 6.31. The molecule has 0 aromatic carbocycles. The maximum atomic E-state index is 11.5. The minimum Gasteiger partial charge on any atom is -0.481 e. The van der Waals surface area contributed by atoms with E-state index in [1.54, 1.807) is 4.90 Å². The maximum absolute atomic E-state index is 11.5. The van der Waals surface area contributed by atoms with Gasteiger partial charge in [-0.15, -0.1) is 0 Å². The molecule has 0 unspecified atom stereocenters. The van der Waals surface area contributed by atoms with Crippen LogP contribution < -0.4 is 0 Å². The zero-order valence-electron chi connectivity index (χ0n) is 9.93. The predicted octanol–water partition coefficient (Wildman–Crippen LogP) is 1.72. The Balaban J connectivity index is 1.77. The molecule has 0 radical (unpaired) electrons. The van der Waals surface area contributed by atoms with Crippen molar-refractivity contribution in [1.82, 2.24) is 4.90 Å². The minimum absolute atomic E-state index is 0.181. The van der Waals surface area contributed by atoms with Gasteiger partial charge in [0.1, 0.15) is 0 Å². The third-order valence-electron chi connectivity index (χ3n) is 3.73. The van der Waals surface area contributed by atoms with Gasteiger partial charge in [-0.1, -0.05) is 0 Å². The SMILES string of the molecule is O=C(O)C1CCC(CN2CCCOC2=O)CC1. The van der Waals surface area contributed by atoms with Crippen molar-refractivity contribution in [3.05, 3.63) is 0 Å². The lowest BCUT2D eigenvalue weighted by molar-refractivity contribution is -0.143. The summed E-state index contributed by atoms with van der Waals surface area (Å²) in [7, 11) is 0. The Morgan fingerprint density at radius 3 is 2.65 bits per heavy atom. The van der Waals surface area contributed by atoms with Crippen molar-refractivity contribution in [2.24, 2.45) is 11.8 Å². The van der Waals surface area contributed by atoms with Crippen LogP contribution in [-0.4, -0.2) is 41.8 Å². The largest absolute Gasteiger partial charge is 0.481 e. The smallest absolute Gasteiger partial charge is 0.409 e. The Hall–Kier alpha value is -1.26. The van der Waals surface area contributed by atoms with Gasteiger partial charge >= 0.3 is 12.1 Å². The first kappa shape index (κ1) is 12.2. The molecule has 0 spiro atoms. The zero-order valence-corrected chi connectivity index (χ0v) is 9.93. The van der Waals surface area contributed by atoms with Crippen LogP contribution in [0.3, 0.4) is 0 Å². The van der Waals surface area contributed by atoms with Crippen molar-refractivity contribution in [3.8, 4) is 0 Å². The predicted molar refractivity (Wildman–Crippen MR) is 60.6 cm³/mol. The fourth-order valence-electron chi connectivity index (χ4n) is 2.67. The first-order valence-electron chi connectivity index (χ1n) is 6.31.